The minimum atomic E-state index is 0.256. The van der Waals surface area contributed by atoms with Gasteiger partial charge in [0.25, 0.3) is 0 Å². The lowest BCUT2D eigenvalue weighted by Crippen LogP contribution is -2.36. The molecule has 3 heterocycles. The largest absolute Gasteiger partial charge is 0.351 e. The second-order valence-electron chi connectivity index (χ2n) is 7.32. The molecule has 0 aromatic heterocycles. The van der Waals surface area contributed by atoms with E-state index in [-0.39, 0.29) is 6.17 Å². The Hall–Kier alpha value is -2.42. The molecule has 1 atom stereocenters. The van der Waals surface area contributed by atoms with Gasteiger partial charge in [-0.05, 0) is 23.3 Å². The Labute approximate surface area is 168 Å². The fourth-order valence-corrected chi connectivity index (χ4v) is 5.47. The predicted octanol–water partition coefficient (Wildman–Crippen LogP) is 6.13. The zero-order valence-corrected chi connectivity index (χ0v) is 16.2. The molecule has 0 radical (unpaired) electrons. The van der Waals surface area contributed by atoms with Gasteiger partial charge in [0, 0.05) is 30.2 Å². The third-order valence-electron chi connectivity index (χ3n) is 6.00. The summed E-state index contributed by atoms with van der Waals surface area (Å²) in [5, 5.41) is 1.38. The molecule has 3 aliphatic heterocycles. The first-order valence-electron chi connectivity index (χ1n) is 9.09. The van der Waals surface area contributed by atoms with Gasteiger partial charge in [-0.2, -0.15) is 0 Å². The van der Waals surface area contributed by atoms with E-state index in [4.69, 9.17) is 23.2 Å². The number of para-hydroxylation sites is 1. The monoisotopic (exact) mass is 390 g/mol. The summed E-state index contributed by atoms with van der Waals surface area (Å²) in [4.78, 5) is 4.83. The number of benzene rings is 3. The van der Waals surface area contributed by atoms with Crippen molar-refractivity contribution in [2.75, 3.05) is 11.9 Å². The van der Waals surface area contributed by atoms with Gasteiger partial charge in [-0.15, -0.1) is 0 Å². The molecular formula is C23H16Cl2N2. The molecule has 0 saturated heterocycles. The van der Waals surface area contributed by atoms with E-state index in [1.165, 1.54) is 33.6 Å². The maximum absolute atomic E-state index is 6.63. The summed E-state index contributed by atoms with van der Waals surface area (Å²) in [6.45, 7) is 0. The molecule has 3 aromatic carbocycles. The number of fused-ring (bicyclic) bond motifs is 3. The highest BCUT2D eigenvalue weighted by atomic mass is 35.5. The van der Waals surface area contributed by atoms with Gasteiger partial charge in [0.1, 0.15) is 6.17 Å². The molecule has 0 saturated carbocycles. The van der Waals surface area contributed by atoms with Gasteiger partial charge in [0.15, 0.2) is 0 Å². The Balaban J connectivity index is 1.76. The molecule has 1 unspecified atom stereocenters. The van der Waals surface area contributed by atoms with Crippen LogP contribution in [-0.2, 0) is 6.42 Å². The van der Waals surface area contributed by atoms with E-state index in [0.29, 0.717) is 10.0 Å². The number of rotatable bonds is 1. The second kappa shape index (κ2) is 5.31. The lowest BCUT2D eigenvalue weighted by atomic mass is 9.89. The summed E-state index contributed by atoms with van der Waals surface area (Å²) in [6.07, 6.45) is 1.25. The van der Waals surface area contributed by atoms with Crippen LogP contribution in [0.15, 0.2) is 60.7 Å². The normalized spacial score (nSPS) is 18.9. The van der Waals surface area contributed by atoms with Gasteiger partial charge < -0.3 is 9.80 Å². The number of nitrogens with zero attached hydrogens (tertiary/aromatic N) is 2. The third kappa shape index (κ3) is 1.87. The standard InChI is InChI=1S/C23H16Cl2N2/c1-26-19-12-13-6-4-9-15-14-7-2-3-8-16(14)22(27(19)21(13)15)23(26)20-17(24)10-5-11-18(20)25/h2-11,19H,12H2,1H3. The van der Waals surface area contributed by atoms with E-state index in [1.807, 2.05) is 18.2 Å². The van der Waals surface area contributed by atoms with Gasteiger partial charge in [-0.1, -0.05) is 71.7 Å². The van der Waals surface area contributed by atoms with Crippen molar-refractivity contribution in [3.05, 3.63) is 87.4 Å². The van der Waals surface area contributed by atoms with Gasteiger partial charge in [0.05, 0.1) is 27.1 Å². The number of likely N-dealkylation sites (N-methyl/N-ethyl adjacent to an activating group) is 1. The van der Waals surface area contributed by atoms with Crippen molar-refractivity contribution in [1.82, 2.24) is 4.90 Å². The quantitative estimate of drug-likeness (QED) is 0.492. The molecule has 0 fully saturated rings. The van der Waals surface area contributed by atoms with Gasteiger partial charge in [-0.3, -0.25) is 0 Å². The van der Waals surface area contributed by atoms with Crippen LogP contribution in [0, 0.1) is 0 Å². The zero-order chi connectivity index (χ0) is 18.3. The van der Waals surface area contributed by atoms with Crippen LogP contribution in [0.3, 0.4) is 0 Å². The van der Waals surface area contributed by atoms with E-state index < -0.39 is 0 Å². The van der Waals surface area contributed by atoms with Crippen LogP contribution in [0.2, 0.25) is 10.0 Å². The topological polar surface area (TPSA) is 6.48 Å². The fraction of sp³-hybridized carbons (Fsp3) is 0.130. The summed E-state index contributed by atoms with van der Waals surface area (Å²) in [5.74, 6) is 0. The molecule has 0 bridgehead atoms. The predicted molar refractivity (Wildman–Crippen MR) is 113 cm³/mol. The van der Waals surface area contributed by atoms with Crippen LogP contribution in [0.25, 0.3) is 22.5 Å². The molecule has 0 spiro atoms. The van der Waals surface area contributed by atoms with Gasteiger partial charge in [-0.25, -0.2) is 0 Å². The SMILES string of the molecule is CN1C(c2c(Cl)cccc2Cl)=C2c3ccccc3-c3cccc4c3N2C1C4. The minimum absolute atomic E-state index is 0.256. The molecule has 132 valence electrons. The Morgan fingerprint density at radius 2 is 1.44 bits per heavy atom. The second-order valence-corrected chi connectivity index (χ2v) is 8.13. The Kier molecular flexibility index (Phi) is 3.07. The van der Waals surface area contributed by atoms with Crippen molar-refractivity contribution >= 4 is 40.3 Å². The first-order chi connectivity index (χ1) is 13.2. The van der Waals surface area contributed by atoms with Crippen LogP contribution in [-0.4, -0.2) is 18.1 Å². The smallest absolute Gasteiger partial charge is 0.110 e. The van der Waals surface area contributed by atoms with Crippen LogP contribution in [0.5, 0.6) is 0 Å². The molecule has 0 N–H and O–H groups in total. The number of hydrogen-bond acceptors (Lipinski definition) is 2. The Morgan fingerprint density at radius 3 is 2.22 bits per heavy atom. The van der Waals surface area contributed by atoms with Gasteiger partial charge in [0.2, 0.25) is 0 Å². The van der Waals surface area contributed by atoms with Crippen LogP contribution in [0.4, 0.5) is 5.69 Å². The first kappa shape index (κ1) is 15.6. The van der Waals surface area contributed by atoms with Crippen molar-refractivity contribution in [3.8, 4) is 11.1 Å². The highest BCUT2D eigenvalue weighted by Gasteiger charge is 2.47. The lowest BCUT2D eigenvalue weighted by Gasteiger charge is -2.31. The first-order valence-corrected chi connectivity index (χ1v) is 9.85. The maximum atomic E-state index is 6.63. The van der Waals surface area contributed by atoms with E-state index >= 15 is 0 Å². The number of hydrogen-bond donors (Lipinski definition) is 0. The highest BCUT2D eigenvalue weighted by Crippen LogP contribution is 2.57. The highest BCUT2D eigenvalue weighted by molar-refractivity contribution is 6.38. The van der Waals surface area contributed by atoms with Crippen LogP contribution >= 0.6 is 23.2 Å². The average Bonchev–Trinajstić information content (AvgIpc) is 3.18. The molecular weight excluding hydrogens is 375 g/mol. The molecule has 4 heteroatoms. The lowest BCUT2D eigenvalue weighted by molar-refractivity contribution is 0.385. The summed E-state index contributed by atoms with van der Waals surface area (Å²) in [7, 11) is 2.15. The Morgan fingerprint density at radius 1 is 0.778 bits per heavy atom. The van der Waals surface area contributed by atoms with Gasteiger partial charge >= 0.3 is 0 Å². The van der Waals surface area contributed by atoms with Crippen molar-refractivity contribution in [3.63, 3.8) is 0 Å². The molecule has 2 nitrogen and oxygen atoms in total. The molecule has 6 rings (SSSR count). The van der Waals surface area contributed by atoms with Crippen LogP contribution in [0.1, 0.15) is 16.7 Å². The van der Waals surface area contributed by atoms with E-state index in [1.54, 1.807) is 0 Å². The third-order valence-corrected chi connectivity index (χ3v) is 6.63. The molecule has 3 aromatic rings. The summed E-state index contributed by atoms with van der Waals surface area (Å²) in [5.41, 5.74) is 9.81. The summed E-state index contributed by atoms with van der Waals surface area (Å²) in [6, 6.07) is 21.0. The Bertz CT molecular complexity index is 1140. The minimum Gasteiger partial charge on any atom is -0.351 e. The maximum Gasteiger partial charge on any atom is 0.110 e. The zero-order valence-electron chi connectivity index (χ0n) is 14.7. The van der Waals surface area contributed by atoms with Crippen molar-refractivity contribution in [2.45, 2.75) is 12.6 Å². The molecule has 27 heavy (non-hydrogen) atoms. The number of anilines is 1. The summed E-state index contributed by atoms with van der Waals surface area (Å²) < 4.78 is 0. The van der Waals surface area contributed by atoms with Crippen molar-refractivity contribution < 1.29 is 0 Å². The molecule has 0 aliphatic carbocycles. The van der Waals surface area contributed by atoms with Crippen molar-refractivity contribution in [2.24, 2.45) is 0 Å². The summed E-state index contributed by atoms with van der Waals surface area (Å²) >= 11 is 13.3. The number of halogens is 2. The van der Waals surface area contributed by atoms with Crippen molar-refractivity contribution in [1.29, 1.82) is 0 Å². The molecule has 0 amide bonds. The molecule has 3 aliphatic rings. The van der Waals surface area contributed by atoms with E-state index in [2.05, 4.69) is 59.3 Å². The average molecular weight is 391 g/mol. The fourth-order valence-electron chi connectivity index (χ4n) is 4.90. The van der Waals surface area contributed by atoms with Crippen LogP contribution < -0.4 is 4.90 Å². The van der Waals surface area contributed by atoms with E-state index in [9.17, 15) is 0 Å². The van der Waals surface area contributed by atoms with E-state index in [0.717, 1.165) is 17.7 Å².